The molecule has 194 valence electrons. The molecule has 3 aromatic carbocycles. The van der Waals surface area contributed by atoms with E-state index in [0.29, 0.717) is 42.0 Å². The van der Waals surface area contributed by atoms with Crippen LogP contribution < -0.4 is 10.6 Å². The van der Waals surface area contributed by atoms with Gasteiger partial charge in [-0.05, 0) is 56.0 Å². The van der Waals surface area contributed by atoms with E-state index < -0.39 is 10.5 Å². The summed E-state index contributed by atoms with van der Waals surface area (Å²) in [6, 6.07) is 19.6. The zero-order chi connectivity index (χ0) is 27.0. The first-order valence-electron chi connectivity index (χ1n) is 12.4. The average molecular weight is 513 g/mol. The first-order chi connectivity index (χ1) is 18.1. The summed E-state index contributed by atoms with van der Waals surface area (Å²) in [7, 11) is 0. The summed E-state index contributed by atoms with van der Waals surface area (Å²) >= 11 is 0. The number of fused-ring (bicyclic) bond motifs is 2. The van der Waals surface area contributed by atoms with Crippen LogP contribution in [0.4, 0.5) is 21.9 Å². The number of nitro groups is 1. The Labute approximate surface area is 220 Å². The molecule has 2 N–H and O–H groups in total. The van der Waals surface area contributed by atoms with E-state index in [1.807, 2.05) is 69.3 Å². The summed E-state index contributed by atoms with van der Waals surface area (Å²) in [5, 5.41) is 17.8. The van der Waals surface area contributed by atoms with Gasteiger partial charge in [-0.15, -0.1) is 0 Å². The standard InChI is InChI=1S/C29H28N4O5/c1-29(2,3)38-28(35)32-15-14-21-19(17-32)10-7-11-23(21)30-26(18-8-5-4-6-9-18)25-22-16-20(33(36)37)12-13-24(22)31-27(25)34/h4-13,16,30H,14-15,17H2,1-3H3,(H,31,34)/b26-25-. The monoisotopic (exact) mass is 512 g/mol. The molecule has 2 aliphatic rings. The minimum atomic E-state index is -0.579. The maximum atomic E-state index is 13.2. The van der Waals surface area contributed by atoms with Crippen LogP contribution in [0.3, 0.4) is 0 Å². The van der Waals surface area contributed by atoms with Crippen molar-refractivity contribution >= 4 is 40.3 Å². The molecule has 0 spiro atoms. The van der Waals surface area contributed by atoms with Crippen molar-refractivity contribution in [1.82, 2.24) is 4.90 Å². The van der Waals surface area contributed by atoms with Gasteiger partial charge in [0, 0.05) is 42.2 Å². The second kappa shape index (κ2) is 9.66. The molecule has 2 aliphatic heterocycles. The summed E-state index contributed by atoms with van der Waals surface area (Å²) in [6.45, 7) is 6.43. The van der Waals surface area contributed by atoms with Gasteiger partial charge in [0.2, 0.25) is 0 Å². The largest absolute Gasteiger partial charge is 0.444 e. The molecule has 0 radical (unpaired) electrons. The molecule has 9 heteroatoms. The number of rotatable bonds is 4. The molecule has 2 heterocycles. The lowest BCUT2D eigenvalue weighted by molar-refractivity contribution is -0.384. The van der Waals surface area contributed by atoms with E-state index in [1.165, 1.54) is 12.1 Å². The number of carbonyl (C=O) groups is 2. The Kier molecular flexibility index (Phi) is 6.36. The van der Waals surface area contributed by atoms with Gasteiger partial charge < -0.3 is 20.3 Å². The number of anilines is 2. The highest BCUT2D eigenvalue weighted by Crippen LogP contribution is 2.40. The Morgan fingerprint density at radius 3 is 2.55 bits per heavy atom. The fourth-order valence-electron chi connectivity index (χ4n) is 4.74. The van der Waals surface area contributed by atoms with Gasteiger partial charge in [-0.25, -0.2) is 4.79 Å². The van der Waals surface area contributed by atoms with Gasteiger partial charge in [0.05, 0.1) is 16.2 Å². The molecule has 0 bridgehead atoms. The number of carbonyl (C=O) groups excluding carboxylic acids is 2. The third-order valence-electron chi connectivity index (χ3n) is 6.45. The smallest absolute Gasteiger partial charge is 0.410 e. The second-order valence-corrected chi connectivity index (χ2v) is 10.3. The number of nitrogens with zero attached hydrogens (tertiary/aromatic N) is 2. The predicted octanol–water partition coefficient (Wildman–Crippen LogP) is 5.82. The van der Waals surface area contributed by atoms with Crippen LogP contribution in [-0.2, 0) is 22.5 Å². The quantitative estimate of drug-likeness (QED) is 0.259. The SMILES string of the molecule is CC(C)(C)OC(=O)N1CCc2c(cccc2N/C(=C2\C(=O)Nc3ccc([N+](=O)[O-])cc32)c2ccccc2)C1. The number of nitrogens with one attached hydrogen (secondary N) is 2. The van der Waals surface area contributed by atoms with Gasteiger partial charge in [0.1, 0.15) is 5.60 Å². The van der Waals surface area contributed by atoms with Crippen LogP contribution in [0.2, 0.25) is 0 Å². The van der Waals surface area contributed by atoms with Crippen LogP contribution in [0.5, 0.6) is 0 Å². The molecule has 0 saturated carbocycles. The Balaban J connectivity index is 1.56. The highest BCUT2D eigenvalue weighted by molar-refractivity contribution is 6.37. The second-order valence-electron chi connectivity index (χ2n) is 10.3. The van der Waals surface area contributed by atoms with Crippen molar-refractivity contribution in [3.05, 3.63) is 99.1 Å². The number of hydrogen-bond donors (Lipinski definition) is 2. The zero-order valence-corrected chi connectivity index (χ0v) is 21.4. The lowest BCUT2D eigenvalue weighted by atomic mass is 9.96. The molecular weight excluding hydrogens is 484 g/mol. The van der Waals surface area contributed by atoms with E-state index in [-0.39, 0.29) is 17.7 Å². The van der Waals surface area contributed by atoms with Crippen LogP contribution in [0.25, 0.3) is 11.3 Å². The van der Waals surface area contributed by atoms with Crippen LogP contribution in [-0.4, -0.2) is 34.0 Å². The summed E-state index contributed by atoms with van der Waals surface area (Å²) in [4.78, 5) is 38.5. The molecule has 0 fully saturated rings. The Morgan fingerprint density at radius 1 is 1.08 bits per heavy atom. The number of benzene rings is 3. The van der Waals surface area contributed by atoms with Gasteiger partial charge >= 0.3 is 6.09 Å². The summed E-state index contributed by atoms with van der Waals surface area (Å²) in [6.07, 6.45) is 0.248. The molecule has 9 nitrogen and oxygen atoms in total. The summed E-state index contributed by atoms with van der Waals surface area (Å²) in [5.74, 6) is -0.340. The molecule has 0 saturated heterocycles. The molecule has 2 amide bonds. The van der Waals surface area contributed by atoms with Gasteiger partial charge in [0.25, 0.3) is 11.6 Å². The molecular formula is C29H28N4O5. The van der Waals surface area contributed by atoms with E-state index in [4.69, 9.17) is 4.74 Å². The molecule has 0 atom stereocenters. The number of amides is 2. The molecule has 0 aliphatic carbocycles. The van der Waals surface area contributed by atoms with E-state index in [1.54, 1.807) is 11.0 Å². The van der Waals surface area contributed by atoms with Crippen molar-refractivity contribution in [2.45, 2.75) is 39.3 Å². The van der Waals surface area contributed by atoms with Crippen molar-refractivity contribution in [3.63, 3.8) is 0 Å². The molecule has 38 heavy (non-hydrogen) atoms. The third kappa shape index (κ3) is 4.95. The van der Waals surface area contributed by atoms with E-state index in [0.717, 1.165) is 22.4 Å². The summed E-state index contributed by atoms with van der Waals surface area (Å²) < 4.78 is 5.56. The van der Waals surface area contributed by atoms with E-state index in [2.05, 4.69) is 10.6 Å². The third-order valence-corrected chi connectivity index (χ3v) is 6.45. The fourth-order valence-corrected chi connectivity index (χ4v) is 4.74. The predicted molar refractivity (Wildman–Crippen MR) is 145 cm³/mol. The van der Waals surface area contributed by atoms with E-state index in [9.17, 15) is 19.7 Å². The first kappa shape index (κ1) is 25.0. The Morgan fingerprint density at radius 2 is 1.84 bits per heavy atom. The first-order valence-corrected chi connectivity index (χ1v) is 12.4. The van der Waals surface area contributed by atoms with Gasteiger partial charge in [-0.3, -0.25) is 14.9 Å². The maximum Gasteiger partial charge on any atom is 0.410 e. The fraction of sp³-hybridized carbons (Fsp3) is 0.241. The van der Waals surface area contributed by atoms with Gasteiger partial charge in [-0.1, -0.05) is 42.5 Å². The van der Waals surface area contributed by atoms with Crippen molar-refractivity contribution < 1.29 is 19.2 Å². The van der Waals surface area contributed by atoms with Gasteiger partial charge in [0.15, 0.2) is 0 Å². The number of hydrogen-bond acceptors (Lipinski definition) is 6. The lowest BCUT2D eigenvalue weighted by Crippen LogP contribution is -2.40. The van der Waals surface area contributed by atoms with Crippen LogP contribution in [0.15, 0.2) is 66.7 Å². The minimum Gasteiger partial charge on any atom is -0.444 e. The summed E-state index contributed by atoms with van der Waals surface area (Å²) in [5.41, 5.74) is 4.80. The highest BCUT2D eigenvalue weighted by Gasteiger charge is 2.31. The van der Waals surface area contributed by atoms with Crippen molar-refractivity contribution in [3.8, 4) is 0 Å². The van der Waals surface area contributed by atoms with Gasteiger partial charge in [-0.2, -0.15) is 0 Å². The van der Waals surface area contributed by atoms with Crippen molar-refractivity contribution in [1.29, 1.82) is 0 Å². The zero-order valence-electron chi connectivity index (χ0n) is 21.4. The maximum absolute atomic E-state index is 13.2. The number of nitro benzene ring substituents is 1. The topological polar surface area (TPSA) is 114 Å². The molecule has 3 aromatic rings. The van der Waals surface area contributed by atoms with Crippen LogP contribution in [0.1, 0.15) is 43.0 Å². The highest BCUT2D eigenvalue weighted by atomic mass is 16.6. The lowest BCUT2D eigenvalue weighted by Gasteiger charge is -2.32. The van der Waals surface area contributed by atoms with E-state index >= 15 is 0 Å². The molecule has 0 unspecified atom stereocenters. The van der Waals surface area contributed by atoms with Crippen molar-refractivity contribution in [2.24, 2.45) is 0 Å². The molecule has 0 aromatic heterocycles. The average Bonchev–Trinajstić information content (AvgIpc) is 3.21. The van der Waals surface area contributed by atoms with Crippen molar-refractivity contribution in [2.75, 3.05) is 17.2 Å². The minimum absolute atomic E-state index is 0.0931. The normalized spacial score (nSPS) is 15.8. The Bertz CT molecular complexity index is 1470. The Hall–Kier alpha value is -4.66. The number of ether oxygens (including phenoxy) is 1. The molecule has 5 rings (SSSR count). The van der Waals surface area contributed by atoms with Crippen LogP contribution in [0, 0.1) is 10.1 Å². The van der Waals surface area contributed by atoms with Crippen LogP contribution >= 0.6 is 0 Å². The number of non-ortho nitro benzene ring substituents is 1.